The summed E-state index contributed by atoms with van der Waals surface area (Å²) in [5, 5.41) is 32.5. The number of fused-ring (bicyclic) bond motifs is 1. The molecule has 3 aromatic rings. The normalized spacial score (nSPS) is 11.0. The largest absolute Gasteiger partial charge is 0.504 e. The van der Waals surface area contributed by atoms with Crippen LogP contribution in [-0.2, 0) is 11.3 Å². The Bertz CT molecular complexity index is 1040. The molecule has 0 saturated heterocycles. The van der Waals surface area contributed by atoms with Gasteiger partial charge in [0.05, 0.1) is 29.8 Å². The molecule has 11 heteroatoms. The van der Waals surface area contributed by atoms with E-state index in [1.54, 1.807) is 18.2 Å². The molecule has 138 valence electrons. The first kappa shape index (κ1) is 17.8. The number of benzene rings is 2. The Morgan fingerprint density at radius 1 is 1.44 bits per heavy atom. The molecule has 0 spiro atoms. The van der Waals surface area contributed by atoms with E-state index < -0.39 is 10.8 Å². The van der Waals surface area contributed by atoms with Crippen molar-refractivity contribution < 1.29 is 19.6 Å². The van der Waals surface area contributed by atoms with Gasteiger partial charge in [0.2, 0.25) is 0 Å². The Hall–Kier alpha value is -4.02. The van der Waals surface area contributed by atoms with E-state index in [0.29, 0.717) is 11.0 Å². The fourth-order valence-corrected chi connectivity index (χ4v) is 2.35. The number of carbonyl (C=O) groups is 1. The summed E-state index contributed by atoms with van der Waals surface area (Å²) in [7, 11) is 1.27. The maximum Gasteiger partial charge on any atom is 0.274 e. The van der Waals surface area contributed by atoms with E-state index in [0.717, 1.165) is 18.3 Å². The molecule has 0 aliphatic heterocycles. The number of non-ortho nitro benzene ring substituents is 1. The number of rotatable bonds is 6. The topological polar surface area (TPSA) is 145 Å². The fourth-order valence-electron chi connectivity index (χ4n) is 2.35. The molecule has 3 rings (SSSR count). The lowest BCUT2D eigenvalue weighted by molar-refractivity contribution is -0.385. The number of carbonyl (C=O) groups excluding carboxylic acids is 1. The number of nitrogens with one attached hydrogen (secondary N) is 1. The van der Waals surface area contributed by atoms with Crippen molar-refractivity contribution in [3.63, 3.8) is 0 Å². The van der Waals surface area contributed by atoms with E-state index >= 15 is 0 Å². The Labute approximate surface area is 152 Å². The number of hydrogen-bond donors (Lipinski definition) is 2. The van der Waals surface area contributed by atoms with Gasteiger partial charge in [-0.25, -0.2) is 10.1 Å². The maximum absolute atomic E-state index is 12.0. The second kappa shape index (κ2) is 7.47. The third-order valence-corrected chi connectivity index (χ3v) is 3.63. The maximum atomic E-state index is 12.0. The second-order valence-corrected chi connectivity index (χ2v) is 5.37. The Balaban J connectivity index is 1.72. The highest BCUT2D eigenvalue weighted by molar-refractivity contribution is 5.87. The van der Waals surface area contributed by atoms with Gasteiger partial charge in [0.25, 0.3) is 11.6 Å². The third kappa shape index (κ3) is 3.81. The van der Waals surface area contributed by atoms with Crippen molar-refractivity contribution in [3.05, 3.63) is 52.1 Å². The predicted octanol–water partition coefficient (Wildman–Crippen LogP) is 1.20. The molecule has 1 aromatic heterocycles. The summed E-state index contributed by atoms with van der Waals surface area (Å²) in [6.45, 7) is -0.123. The number of ether oxygens (including phenoxy) is 1. The van der Waals surface area contributed by atoms with Crippen LogP contribution in [0.15, 0.2) is 41.5 Å². The van der Waals surface area contributed by atoms with Crippen molar-refractivity contribution in [1.29, 1.82) is 0 Å². The van der Waals surface area contributed by atoms with Crippen LogP contribution < -0.4 is 10.2 Å². The number of hydrogen-bond acceptors (Lipinski definition) is 8. The van der Waals surface area contributed by atoms with Crippen LogP contribution in [0.25, 0.3) is 11.0 Å². The molecule has 0 fully saturated rings. The van der Waals surface area contributed by atoms with Crippen LogP contribution in [0, 0.1) is 10.1 Å². The lowest BCUT2D eigenvalue weighted by atomic mass is 10.2. The quantitative estimate of drug-likeness (QED) is 0.377. The minimum Gasteiger partial charge on any atom is -0.504 e. The lowest BCUT2D eigenvalue weighted by Crippen LogP contribution is -2.23. The summed E-state index contributed by atoms with van der Waals surface area (Å²) in [5.41, 5.74) is 3.35. The highest BCUT2D eigenvalue weighted by Gasteiger charge is 2.16. The Morgan fingerprint density at radius 3 is 2.96 bits per heavy atom. The van der Waals surface area contributed by atoms with E-state index in [4.69, 9.17) is 4.74 Å². The first-order chi connectivity index (χ1) is 13.0. The number of phenols is 1. The van der Waals surface area contributed by atoms with E-state index in [1.165, 1.54) is 11.8 Å². The molecule has 0 radical (unpaired) electrons. The number of amides is 1. The van der Waals surface area contributed by atoms with Crippen molar-refractivity contribution in [3.8, 4) is 11.5 Å². The van der Waals surface area contributed by atoms with Gasteiger partial charge in [0.15, 0.2) is 11.5 Å². The van der Waals surface area contributed by atoms with Crippen molar-refractivity contribution in [2.24, 2.45) is 5.10 Å². The zero-order valence-electron chi connectivity index (χ0n) is 14.1. The first-order valence-corrected chi connectivity index (χ1v) is 7.65. The zero-order valence-corrected chi connectivity index (χ0v) is 14.1. The predicted molar refractivity (Wildman–Crippen MR) is 94.6 cm³/mol. The van der Waals surface area contributed by atoms with Gasteiger partial charge in [0, 0.05) is 11.6 Å². The molecule has 27 heavy (non-hydrogen) atoms. The molecule has 2 aromatic carbocycles. The van der Waals surface area contributed by atoms with Crippen LogP contribution in [0.1, 0.15) is 5.56 Å². The van der Waals surface area contributed by atoms with Crippen LogP contribution in [0.4, 0.5) is 5.69 Å². The molecule has 1 heterocycles. The number of phenolic OH excluding ortho intramolecular Hbond substituents is 1. The fraction of sp³-hybridized carbons (Fsp3) is 0.125. The SMILES string of the molecule is COc1cc([N+](=O)[O-])cc(/C=N\NC(=O)Cn2nnc3ccccc32)c1O. The Morgan fingerprint density at radius 2 is 2.22 bits per heavy atom. The summed E-state index contributed by atoms with van der Waals surface area (Å²) in [4.78, 5) is 22.3. The Kier molecular flexibility index (Phi) is 4.92. The highest BCUT2D eigenvalue weighted by atomic mass is 16.6. The van der Waals surface area contributed by atoms with Crippen LogP contribution in [0.2, 0.25) is 0 Å². The standard InChI is InChI=1S/C16H14N6O5/c1-27-14-7-11(22(25)26)6-10(16(14)24)8-17-19-15(23)9-21-13-5-3-2-4-12(13)18-20-21/h2-8,24H,9H2,1H3,(H,19,23)/b17-8-. The molecule has 0 unspecified atom stereocenters. The van der Waals surface area contributed by atoms with Crippen LogP contribution >= 0.6 is 0 Å². The molecule has 0 aliphatic carbocycles. The molecule has 0 aliphatic rings. The van der Waals surface area contributed by atoms with Gasteiger partial charge in [-0.1, -0.05) is 17.3 Å². The number of nitro benzene ring substituents is 1. The molecule has 0 saturated carbocycles. The average molecular weight is 370 g/mol. The van der Waals surface area contributed by atoms with Crippen molar-refractivity contribution in [2.75, 3.05) is 7.11 Å². The summed E-state index contributed by atoms with van der Waals surface area (Å²) in [5.74, 6) is -0.895. The van der Waals surface area contributed by atoms with Gasteiger partial charge < -0.3 is 9.84 Å². The summed E-state index contributed by atoms with van der Waals surface area (Å²) in [6.07, 6.45) is 1.09. The zero-order chi connectivity index (χ0) is 19.4. The number of methoxy groups -OCH3 is 1. The van der Waals surface area contributed by atoms with Crippen molar-refractivity contribution in [2.45, 2.75) is 6.54 Å². The van der Waals surface area contributed by atoms with Crippen molar-refractivity contribution in [1.82, 2.24) is 20.4 Å². The lowest BCUT2D eigenvalue weighted by Gasteiger charge is -2.06. The number of nitro groups is 1. The highest BCUT2D eigenvalue weighted by Crippen LogP contribution is 2.33. The van der Waals surface area contributed by atoms with E-state index in [-0.39, 0.29) is 29.3 Å². The smallest absolute Gasteiger partial charge is 0.274 e. The average Bonchev–Trinajstić information content (AvgIpc) is 3.06. The van der Waals surface area contributed by atoms with E-state index in [1.807, 2.05) is 6.07 Å². The number of nitrogens with zero attached hydrogens (tertiary/aromatic N) is 5. The van der Waals surface area contributed by atoms with Gasteiger partial charge >= 0.3 is 0 Å². The minimum atomic E-state index is -0.631. The molecular formula is C16H14N6O5. The summed E-state index contributed by atoms with van der Waals surface area (Å²) >= 11 is 0. The number of hydrazone groups is 1. The molecule has 1 amide bonds. The van der Waals surface area contributed by atoms with Gasteiger partial charge in [-0.3, -0.25) is 14.9 Å². The van der Waals surface area contributed by atoms with E-state index in [2.05, 4.69) is 20.8 Å². The summed E-state index contributed by atoms with van der Waals surface area (Å²) in [6, 6.07) is 9.36. The van der Waals surface area contributed by atoms with E-state index in [9.17, 15) is 20.0 Å². The number of aromatic hydroxyl groups is 1. The van der Waals surface area contributed by atoms with Crippen LogP contribution in [0.3, 0.4) is 0 Å². The van der Waals surface area contributed by atoms with Crippen LogP contribution in [0.5, 0.6) is 11.5 Å². The molecule has 2 N–H and O–H groups in total. The molecular weight excluding hydrogens is 356 g/mol. The van der Waals surface area contributed by atoms with Gasteiger partial charge in [0.1, 0.15) is 12.1 Å². The summed E-state index contributed by atoms with van der Waals surface area (Å²) < 4.78 is 6.30. The molecule has 11 nitrogen and oxygen atoms in total. The number of para-hydroxylation sites is 1. The van der Waals surface area contributed by atoms with Gasteiger partial charge in [-0.2, -0.15) is 5.10 Å². The number of aromatic nitrogens is 3. The monoisotopic (exact) mass is 370 g/mol. The second-order valence-electron chi connectivity index (χ2n) is 5.37. The first-order valence-electron chi connectivity index (χ1n) is 7.65. The minimum absolute atomic E-state index is 0.0209. The third-order valence-electron chi connectivity index (χ3n) is 3.63. The van der Waals surface area contributed by atoms with Crippen LogP contribution in [-0.4, -0.2) is 44.3 Å². The molecule has 0 bridgehead atoms. The van der Waals surface area contributed by atoms with Crippen molar-refractivity contribution >= 4 is 28.8 Å². The molecule has 0 atom stereocenters. The van der Waals surface area contributed by atoms with Gasteiger partial charge in [-0.05, 0) is 12.1 Å². The van der Waals surface area contributed by atoms with Gasteiger partial charge in [-0.15, -0.1) is 5.10 Å².